The minimum absolute atomic E-state index is 0.190. The Morgan fingerprint density at radius 2 is 2.08 bits per heavy atom. The molecule has 0 saturated heterocycles. The first kappa shape index (κ1) is 17.1. The second kappa shape index (κ2) is 6.46. The molecule has 1 aliphatic carbocycles. The standard InChI is InChI=1S/C17H21N5O3S/c1-12(17(23)21-10-4-6-13-5-2-3-7-15(13)21)26(24,25)11-16-18-19-20-22(16)14-8-9-14/h2-3,5,7,12,14H,4,6,8-11H2,1H3/t12-/m1/s1. The van der Waals surface area contributed by atoms with Crippen molar-refractivity contribution in [2.45, 2.75) is 49.7 Å². The van der Waals surface area contributed by atoms with Crippen LogP contribution in [0, 0.1) is 0 Å². The van der Waals surface area contributed by atoms with Crippen molar-refractivity contribution >= 4 is 21.4 Å². The lowest BCUT2D eigenvalue weighted by atomic mass is 10.0. The number of rotatable bonds is 5. The third-order valence-corrected chi connectivity index (χ3v) is 6.99. The molecule has 2 aromatic rings. The molecule has 2 aliphatic rings. The van der Waals surface area contributed by atoms with Crippen LogP contribution in [0.5, 0.6) is 0 Å². The molecule has 8 nitrogen and oxygen atoms in total. The number of fused-ring (bicyclic) bond motifs is 1. The van der Waals surface area contributed by atoms with Crippen molar-refractivity contribution in [2.75, 3.05) is 11.4 Å². The largest absolute Gasteiger partial charge is 0.311 e. The molecule has 0 N–H and O–H groups in total. The van der Waals surface area contributed by atoms with E-state index in [1.165, 1.54) is 6.92 Å². The molecule has 1 amide bonds. The fourth-order valence-corrected chi connectivity index (χ4v) is 4.58. The van der Waals surface area contributed by atoms with Gasteiger partial charge in [0.25, 0.3) is 0 Å². The second-order valence-electron chi connectivity index (χ2n) is 6.94. The van der Waals surface area contributed by atoms with Crippen molar-refractivity contribution in [2.24, 2.45) is 0 Å². The quantitative estimate of drug-likeness (QED) is 0.781. The van der Waals surface area contributed by atoms with Gasteiger partial charge in [0.15, 0.2) is 15.7 Å². The highest BCUT2D eigenvalue weighted by Crippen LogP contribution is 2.35. The van der Waals surface area contributed by atoms with Gasteiger partial charge in [-0.15, -0.1) is 5.10 Å². The first-order valence-corrected chi connectivity index (χ1v) is 10.6. The SMILES string of the molecule is C[C@H](C(=O)N1CCCc2ccccc21)S(=O)(=O)Cc1nnnn1C1CC1. The summed E-state index contributed by atoms with van der Waals surface area (Å²) in [4.78, 5) is 14.6. The van der Waals surface area contributed by atoms with Gasteiger partial charge in [-0.05, 0) is 54.7 Å². The number of amides is 1. The van der Waals surface area contributed by atoms with Crippen LogP contribution >= 0.6 is 0 Å². The Hall–Kier alpha value is -2.29. The lowest BCUT2D eigenvalue weighted by Crippen LogP contribution is -2.44. The molecule has 2 heterocycles. The highest BCUT2D eigenvalue weighted by atomic mass is 32.2. The summed E-state index contributed by atoms with van der Waals surface area (Å²) in [6, 6.07) is 7.85. The van der Waals surface area contributed by atoms with Crippen LogP contribution in [-0.2, 0) is 26.8 Å². The highest BCUT2D eigenvalue weighted by Gasteiger charge is 2.36. The number of sulfone groups is 1. The summed E-state index contributed by atoms with van der Waals surface area (Å²) in [5.41, 5.74) is 1.89. The highest BCUT2D eigenvalue weighted by molar-refractivity contribution is 7.92. The minimum Gasteiger partial charge on any atom is -0.311 e. The minimum atomic E-state index is -3.72. The normalized spacial score (nSPS) is 18.4. The Morgan fingerprint density at radius 3 is 2.85 bits per heavy atom. The van der Waals surface area contributed by atoms with Crippen molar-refractivity contribution in [1.82, 2.24) is 20.2 Å². The predicted molar refractivity (Wildman–Crippen MR) is 95.3 cm³/mol. The topological polar surface area (TPSA) is 98.1 Å². The molecule has 138 valence electrons. The molecular formula is C17H21N5O3S. The van der Waals surface area contributed by atoms with Gasteiger partial charge in [-0.2, -0.15) is 0 Å². The molecule has 0 unspecified atom stereocenters. The molecule has 0 radical (unpaired) electrons. The van der Waals surface area contributed by atoms with Crippen LogP contribution in [0.3, 0.4) is 0 Å². The monoisotopic (exact) mass is 375 g/mol. The van der Waals surface area contributed by atoms with E-state index in [1.54, 1.807) is 9.58 Å². The van der Waals surface area contributed by atoms with Gasteiger partial charge in [0.2, 0.25) is 5.91 Å². The molecular weight excluding hydrogens is 354 g/mol. The van der Waals surface area contributed by atoms with Crippen molar-refractivity contribution < 1.29 is 13.2 Å². The number of aromatic nitrogens is 4. The summed E-state index contributed by atoms with van der Waals surface area (Å²) in [5, 5.41) is 10.2. The summed E-state index contributed by atoms with van der Waals surface area (Å²) in [6.07, 6.45) is 3.64. The summed E-state index contributed by atoms with van der Waals surface area (Å²) < 4.78 is 27.2. The molecule has 0 spiro atoms. The number of hydrogen-bond acceptors (Lipinski definition) is 6. The zero-order chi connectivity index (χ0) is 18.3. The van der Waals surface area contributed by atoms with Crippen molar-refractivity contribution in [3.63, 3.8) is 0 Å². The van der Waals surface area contributed by atoms with Gasteiger partial charge in [0.1, 0.15) is 11.0 Å². The number of hydrogen-bond donors (Lipinski definition) is 0. The fourth-order valence-electron chi connectivity index (χ4n) is 3.35. The average Bonchev–Trinajstić information content (AvgIpc) is 3.39. The molecule has 1 aromatic heterocycles. The zero-order valence-electron chi connectivity index (χ0n) is 14.6. The third-order valence-electron chi connectivity index (χ3n) is 5.05. The molecule has 1 atom stereocenters. The van der Waals surface area contributed by atoms with E-state index >= 15 is 0 Å². The number of nitrogens with zero attached hydrogens (tertiary/aromatic N) is 5. The zero-order valence-corrected chi connectivity index (χ0v) is 15.4. The van der Waals surface area contributed by atoms with Crippen LogP contribution in [0.4, 0.5) is 5.69 Å². The number of tetrazole rings is 1. The van der Waals surface area contributed by atoms with Crippen LogP contribution < -0.4 is 4.90 Å². The molecule has 1 saturated carbocycles. The Kier molecular flexibility index (Phi) is 4.26. The van der Waals surface area contributed by atoms with E-state index in [1.807, 2.05) is 24.3 Å². The van der Waals surface area contributed by atoms with E-state index in [2.05, 4.69) is 15.5 Å². The van der Waals surface area contributed by atoms with Crippen LogP contribution in [0.1, 0.15) is 43.6 Å². The average molecular weight is 375 g/mol. The summed E-state index contributed by atoms with van der Waals surface area (Å²) in [7, 11) is -3.72. The Morgan fingerprint density at radius 1 is 1.31 bits per heavy atom. The number of aryl methyl sites for hydroxylation is 1. The van der Waals surface area contributed by atoms with Crippen LogP contribution in [0.15, 0.2) is 24.3 Å². The Balaban J connectivity index is 1.55. The number of anilines is 1. The van der Waals surface area contributed by atoms with Crippen molar-refractivity contribution in [3.8, 4) is 0 Å². The lowest BCUT2D eigenvalue weighted by Gasteiger charge is -2.31. The maximum Gasteiger partial charge on any atom is 0.245 e. The van der Waals surface area contributed by atoms with E-state index in [9.17, 15) is 13.2 Å². The van der Waals surface area contributed by atoms with Gasteiger partial charge in [-0.25, -0.2) is 13.1 Å². The van der Waals surface area contributed by atoms with Crippen molar-refractivity contribution in [1.29, 1.82) is 0 Å². The van der Waals surface area contributed by atoms with E-state index in [4.69, 9.17) is 0 Å². The smallest absolute Gasteiger partial charge is 0.245 e. The molecule has 0 bridgehead atoms. The second-order valence-corrected chi connectivity index (χ2v) is 9.26. The molecule has 1 aliphatic heterocycles. The number of para-hydroxylation sites is 1. The van der Waals surface area contributed by atoms with Gasteiger partial charge in [0.05, 0.1) is 6.04 Å². The van der Waals surface area contributed by atoms with Gasteiger partial charge in [0, 0.05) is 12.2 Å². The third kappa shape index (κ3) is 3.11. The number of benzene rings is 1. The van der Waals surface area contributed by atoms with Crippen LogP contribution in [0.25, 0.3) is 0 Å². The van der Waals surface area contributed by atoms with Gasteiger partial charge < -0.3 is 4.90 Å². The van der Waals surface area contributed by atoms with Crippen molar-refractivity contribution in [3.05, 3.63) is 35.7 Å². The first-order valence-electron chi connectivity index (χ1n) is 8.85. The summed E-state index contributed by atoms with van der Waals surface area (Å²) in [5.74, 6) is -0.396. The van der Waals surface area contributed by atoms with Gasteiger partial charge in [-0.1, -0.05) is 18.2 Å². The molecule has 4 rings (SSSR count). The van der Waals surface area contributed by atoms with Gasteiger partial charge >= 0.3 is 0 Å². The Labute approximate surface area is 152 Å². The maximum atomic E-state index is 13.0. The summed E-state index contributed by atoms with van der Waals surface area (Å²) >= 11 is 0. The van der Waals surface area contributed by atoms with E-state index in [-0.39, 0.29) is 17.7 Å². The first-order chi connectivity index (χ1) is 12.5. The summed E-state index contributed by atoms with van der Waals surface area (Å²) in [6.45, 7) is 2.00. The molecule has 26 heavy (non-hydrogen) atoms. The van der Waals surface area contributed by atoms with Crippen LogP contribution in [-0.4, -0.2) is 46.3 Å². The van der Waals surface area contributed by atoms with E-state index in [0.717, 1.165) is 36.9 Å². The van der Waals surface area contributed by atoms with E-state index < -0.39 is 15.1 Å². The predicted octanol–water partition coefficient (Wildman–Crippen LogP) is 1.29. The lowest BCUT2D eigenvalue weighted by molar-refractivity contribution is -0.118. The maximum absolute atomic E-state index is 13.0. The molecule has 9 heteroatoms. The Bertz CT molecular complexity index is 935. The molecule has 1 fully saturated rings. The fraction of sp³-hybridized carbons (Fsp3) is 0.529. The van der Waals surface area contributed by atoms with Crippen LogP contribution in [0.2, 0.25) is 0 Å². The molecule has 1 aromatic carbocycles. The number of carbonyl (C=O) groups is 1. The van der Waals surface area contributed by atoms with E-state index in [0.29, 0.717) is 12.4 Å². The van der Waals surface area contributed by atoms with Gasteiger partial charge in [-0.3, -0.25) is 4.79 Å². The number of carbonyl (C=O) groups excluding carboxylic acids is 1.